The molecule has 1 aromatic carbocycles. The Balaban J connectivity index is 2.80. The predicted octanol–water partition coefficient (Wildman–Crippen LogP) is 3.45. The van der Waals surface area contributed by atoms with Crippen molar-refractivity contribution in [2.75, 3.05) is 21.3 Å². The molecule has 0 aliphatic carbocycles. The highest BCUT2D eigenvalue weighted by Gasteiger charge is 2.25. The first-order chi connectivity index (χ1) is 10.0. The summed E-state index contributed by atoms with van der Waals surface area (Å²) in [5.41, 5.74) is 1.59. The molecular weight excluding hydrogens is 292 g/mol. The zero-order valence-corrected chi connectivity index (χ0v) is 13.0. The Morgan fingerprint density at radius 3 is 2.10 bits per heavy atom. The van der Waals surface area contributed by atoms with Crippen LogP contribution < -0.4 is 14.2 Å². The molecule has 1 aromatic heterocycles. The molecule has 0 aliphatic heterocycles. The topological polar surface area (TPSA) is 65.0 Å². The van der Waals surface area contributed by atoms with Crippen molar-refractivity contribution in [1.82, 2.24) is 0 Å². The first-order valence-electron chi connectivity index (χ1n) is 6.15. The Morgan fingerprint density at radius 2 is 1.67 bits per heavy atom. The van der Waals surface area contributed by atoms with Crippen molar-refractivity contribution in [3.05, 3.63) is 28.0 Å². The van der Waals surface area contributed by atoms with Gasteiger partial charge in [-0.3, -0.25) is 0 Å². The van der Waals surface area contributed by atoms with E-state index in [0.29, 0.717) is 11.3 Å². The van der Waals surface area contributed by atoms with Crippen LogP contribution in [0.3, 0.4) is 0 Å². The van der Waals surface area contributed by atoms with Gasteiger partial charge < -0.3 is 19.3 Å². The van der Waals surface area contributed by atoms with Gasteiger partial charge in [-0.25, -0.2) is 4.79 Å². The number of benzene rings is 1. The highest BCUT2D eigenvalue weighted by atomic mass is 32.1. The molecule has 0 bridgehead atoms. The fourth-order valence-corrected chi connectivity index (χ4v) is 2.87. The summed E-state index contributed by atoms with van der Waals surface area (Å²) in [6, 6.07) is 3.52. The van der Waals surface area contributed by atoms with E-state index in [9.17, 15) is 9.90 Å². The summed E-state index contributed by atoms with van der Waals surface area (Å²) >= 11 is 1.58. The molecule has 21 heavy (non-hydrogen) atoms. The van der Waals surface area contributed by atoms with E-state index in [-0.39, 0.29) is 17.1 Å². The number of rotatable bonds is 5. The number of methoxy groups -OCH3 is 3. The normalized spacial score (nSPS) is 10.3. The number of hydrogen-bond acceptors (Lipinski definition) is 5. The second kappa shape index (κ2) is 6.05. The SMILES string of the molecule is COc1c(C(=O)O)cc(-c2csc(C)c2)c(OC)c1OC. The number of carboxylic acid groups (broad SMARTS) is 1. The van der Waals surface area contributed by atoms with Gasteiger partial charge in [0.25, 0.3) is 0 Å². The van der Waals surface area contributed by atoms with Crippen LogP contribution in [0.15, 0.2) is 17.5 Å². The van der Waals surface area contributed by atoms with Gasteiger partial charge in [0, 0.05) is 10.4 Å². The van der Waals surface area contributed by atoms with Crippen LogP contribution in [0, 0.1) is 6.92 Å². The number of aryl methyl sites for hydroxylation is 1. The van der Waals surface area contributed by atoms with Gasteiger partial charge in [-0.1, -0.05) is 0 Å². The lowest BCUT2D eigenvalue weighted by Gasteiger charge is -2.17. The van der Waals surface area contributed by atoms with E-state index in [2.05, 4.69) is 0 Å². The van der Waals surface area contributed by atoms with Crippen LogP contribution in [-0.4, -0.2) is 32.4 Å². The molecule has 0 saturated heterocycles. The molecular formula is C15H16O5S. The Morgan fingerprint density at radius 1 is 1.05 bits per heavy atom. The van der Waals surface area contributed by atoms with Crippen LogP contribution in [0.25, 0.3) is 11.1 Å². The maximum absolute atomic E-state index is 11.5. The summed E-state index contributed by atoms with van der Waals surface area (Å²) in [6.45, 7) is 1.99. The molecule has 0 fully saturated rings. The summed E-state index contributed by atoms with van der Waals surface area (Å²) in [5.74, 6) is -0.200. The Labute approximate surface area is 126 Å². The van der Waals surface area contributed by atoms with Gasteiger partial charge in [0.1, 0.15) is 5.56 Å². The highest BCUT2D eigenvalue weighted by molar-refractivity contribution is 7.10. The molecule has 1 heterocycles. The van der Waals surface area contributed by atoms with Crippen molar-refractivity contribution in [3.63, 3.8) is 0 Å². The fraction of sp³-hybridized carbons (Fsp3) is 0.267. The minimum Gasteiger partial charge on any atom is -0.492 e. The van der Waals surface area contributed by atoms with Gasteiger partial charge >= 0.3 is 5.97 Å². The minimum absolute atomic E-state index is 0.0361. The van der Waals surface area contributed by atoms with E-state index < -0.39 is 5.97 Å². The zero-order chi connectivity index (χ0) is 15.6. The molecule has 0 radical (unpaired) electrons. The van der Waals surface area contributed by atoms with Crippen LogP contribution in [0.5, 0.6) is 17.2 Å². The van der Waals surface area contributed by atoms with E-state index in [1.807, 2.05) is 18.4 Å². The van der Waals surface area contributed by atoms with Crippen LogP contribution >= 0.6 is 11.3 Å². The van der Waals surface area contributed by atoms with E-state index >= 15 is 0 Å². The van der Waals surface area contributed by atoms with Gasteiger partial charge in [0.15, 0.2) is 11.5 Å². The lowest BCUT2D eigenvalue weighted by atomic mass is 10.0. The van der Waals surface area contributed by atoms with Crippen molar-refractivity contribution in [3.8, 4) is 28.4 Å². The maximum Gasteiger partial charge on any atom is 0.339 e. The number of thiophene rings is 1. The van der Waals surface area contributed by atoms with Crippen molar-refractivity contribution < 1.29 is 24.1 Å². The molecule has 0 amide bonds. The molecule has 2 aromatic rings. The number of carbonyl (C=O) groups is 1. The third kappa shape index (κ3) is 2.67. The number of hydrogen-bond donors (Lipinski definition) is 1. The van der Waals surface area contributed by atoms with Gasteiger partial charge in [-0.15, -0.1) is 11.3 Å². The van der Waals surface area contributed by atoms with Crippen LogP contribution in [-0.2, 0) is 0 Å². The molecule has 1 N–H and O–H groups in total. The lowest BCUT2D eigenvalue weighted by molar-refractivity contribution is 0.0692. The molecule has 0 spiro atoms. The first-order valence-corrected chi connectivity index (χ1v) is 7.03. The van der Waals surface area contributed by atoms with Gasteiger partial charge in [0.05, 0.1) is 21.3 Å². The molecule has 0 saturated carbocycles. The number of ether oxygens (including phenoxy) is 3. The highest BCUT2D eigenvalue weighted by Crippen LogP contribution is 2.47. The van der Waals surface area contributed by atoms with Gasteiger partial charge in [-0.2, -0.15) is 0 Å². The molecule has 2 rings (SSSR count). The molecule has 112 valence electrons. The third-order valence-corrected chi connectivity index (χ3v) is 3.94. The Bertz CT molecular complexity index is 675. The smallest absolute Gasteiger partial charge is 0.339 e. The van der Waals surface area contributed by atoms with Crippen molar-refractivity contribution in [2.24, 2.45) is 0 Å². The lowest BCUT2D eigenvalue weighted by Crippen LogP contribution is -2.05. The molecule has 0 aliphatic rings. The quantitative estimate of drug-likeness (QED) is 0.916. The second-order valence-corrected chi connectivity index (χ2v) is 5.44. The van der Waals surface area contributed by atoms with Gasteiger partial charge in [-0.05, 0) is 30.0 Å². The summed E-state index contributed by atoms with van der Waals surface area (Å²) in [4.78, 5) is 12.6. The first kappa shape index (κ1) is 15.2. The number of carboxylic acids is 1. The minimum atomic E-state index is -1.08. The third-order valence-electron chi connectivity index (χ3n) is 3.07. The fourth-order valence-electron chi connectivity index (χ4n) is 2.17. The standard InChI is InChI=1S/C15H16O5S/c1-8-5-9(7-21-8)10-6-11(15(16)17)13(19-3)14(20-4)12(10)18-2/h5-7H,1-4H3,(H,16,17). The van der Waals surface area contributed by atoms with Crippen molar-refractivity contribution in [2.45, 2.75) is 6.92 Å². The monoisotopic (exact) mass is 308 g/mol. The van der Waals surface area contributed by atoms with Crippen molar-refractivity contribution in [1.29, 1.82) is 0 Å². The van der Waals surface area contributed by atoms with Crippen molar-refractivity contribution >= 4 is 17.3 Å². The van der Waals surface area contributed by atoms with Gasteiger partial charge in [0.2, 0.25) is 5.75 Å². The zero-order valence-electron chi connectivity index (χ0n) is 12.2. The molecule has 5 nitrogen and oxygen atoms in total. The largest absolute Gasteiger partial charge is 0.492 e. The summed E-state index contributed by atoms with van der Waals surface area (Å²) < 4.78 is 15.9. The van der Waals surface area contributed by atoms with E-state index in [4.69, 9.17) is 14.2 Å². The molecule has 0 unspecified atom stereocenters. The molecule has 6 heteroatoms. The average Bonchev–Trinajstić information content (AvgIpc) is 2.90. The Hall–Kier alpha value is -2.21. The van der Waals surface area contributed by atoms with Crippen LogP contribution in [0.2, 0.25) is 0 Å². The van der Waals surface area contributed by atoms with E-state index in [1.165, 1.54) is 21.3 Å². The summed E-state index contributed by atoms with van der Waals surface area (Å²) in [6.07, 6.45) is 0. The number of aromatic carboxylic acids is 1. The van der Waals surface area contributed by atoms with E-state index in [1.54, 1.807) is 17.4 Å². The molecule has 0 atom stereocenters. The Kier molecular flexibility index (Phi) is 4.37. The van der Waals surface area contributed by atoms with E-state index in [0.717, 1.165) is 10.4 Å². The predicted molar refractivity (Wildman–Crippen MR) is 81.1 cm³/mol. The second-order valence-electron chi connectivity index (χ2n) is 4.32. The van der Waals surface area contributed by atoms with Crippen LogP contribution in [0.1, 0.15) is 15.2 Å². The van der Waals surface area contributed by atoms with Crippen LogP contribution in [0.4, 0.5) is 0 Å². The maximum atomic E-state index is 11.5. The summed E-state index contributed by atoms with van der Waals surface area (Å²) in [5, 5.41) is 11.3. The average molecular weight is 308 g/mol. The summed E-state index contributed by atoms with van der Waals surface area (Å²) in [7, 11) is 4.37.